The lowest BCUT2D eigenvalue weighted by atomic mass is 10.2. The molecule has 0 unspecified atom stereocenters. The fourth-order valence-corrected chi connectivity index (χ4v) is 3.38. The Bertz CT molecular complexity index is 673. The molecule has 2 aromatic rings. The lowest BCUT2D eigenvalue weighted by Gasteiger charge is -2.21. The van der Waals surface area contributed by atoms with E-state index in [1.165, 1.54) is 23.5 Å². The third-order valence-corrected chi connectivity index (χ3v) is 4.82. The molecule has 0 spiro atoms. The van der Waals surface area contributed by atoms with Crippen molar-refractivity contribution in [3.8, 4) is 0 Å². The van der Waals surface area contributed by atoms with Gasteiger partial charge in [0.1, 0.15) is 5.82 Å². The molecule has 2 rings (SSSR count). The van der Waals surface area contributed by atoms with Crippen molar-refractivity contribution in [3.05, 3.63) is 68.1 Å². The van der Waals surface area contributed by atoms with Gasteiger partial charge in [0.25, 0.3) is 5.91 Å². The smallest absolute Gasteiger partial charge is 0.255 e. The fraction of sp³-hybridized carbons (Fsp3) is 0.133. The average Bonchev–Trinajstić information content (AvgIpc) is 2.86. The maximum Gasteiger partial charge on any atom is 0.255 e. The predicted molar refractivity (Wildman–Crippen MR) is 88.4 cm³/mol. The number of amides is 1. The molecule has 6 heteroatoms. The second-order valence-corrected chi connectivity index (χ2v) is 6.87. The van der Waals surface area contributed by atoms with Gasteiger partial charge in [-0.2, -0.15) is 0 Å². The summed E-state index contributed by atoms with van der Waals surface area (Å²) in [6.07, 6.45) is 1.64. The van der Waals surface area contributed by atoms with Gasteiger partial charge in [0, 0.05) is 11.4 Å². The van der Waals surface area contributed by atoms with E-state index in [0.717, 1.165) is 4.88 Å². The van der Waals surface area contributed by atoms with Gasteiger partial charge in [0.05, 0.1) is 20.9 Å². The van der Waals surface area contributed by atoms with E-state index < -0.39 is 5.82 Å². The molecule has 1 aromatic carbocycles. The minimum atomic E-state index is -0.460. The number of benzene rings is 1. The monoisotopic (exact) mass is 387 g/mol. The van der Waals surface area contributed by atoms with Crippen LogP contribution in [-0.2, 0) is 6.54 Å². The molecule has 0 saturated carbocycles. The molecule has 0 atom stereocenters. The van der Waals surface area contributed by atoms with Crippen LogP contribution in [0, 0.1) is 5.82 Å². The third-order valence-electron chi connectivity index (χ3n) is 2.79. The normalized spacial score (nSPS) is 10.4. The van der Waals surface area contributed by atoms with Gasteiger partial charge in [-0.3, -0.25) is 4.79 Å². The Morgan fingerprint density at radius 1 is 1.43 bits per heavy atom. The second kappa shape index (κ2) is 7.20. The summed E-state index contributed by atoms with van der Waals surface area (Å²) in [5.41, 5.74) is 0.291. The number of hydrogen-bond acceptors (Lipinski definition) is 2. The van der Waals surface area contributed by atoms with Crippen molar-refractivity contribution in [2.45, 2.75) is 6.54 Å². The van der Waals surface area contributed by atoms with E-state index >= 15 is 0 Å². The van der Waals surface area contributed by atoms with Crippen LogP contribution in [0.15, 0.2) is 47.5 Å². The maximum absolute atomic E-state index is 13.6. The SMILES string of the molecule is C=CCN(Cc1ccc(Cl)s1)C(=O)c1cccc(F)c1Br. The first-order valence-corrected chi connectivity index (χ1v) is 8.10. The highest BCUT2D eigenvalue weighted by Crippen LogP contribution is 2.25. The van der Waals surface area contributed by atoms with Crippen molar-refractivity contribution >= 4 is 44.8 Å². The van der Waals surface area contributed by atoms with Gasteiger partial charge in [0.15, 0.2) is 0 Å². The molecule has 0 saturated heterocycles. The van der Waals surface area contributed by atoms with Gasteiger partial charge in [-0.25, -0.2) is 4.39 Å². The molecular formula is C15H12BrClFNOS. The van der Waals surface area contributed by atoms with Crippen LogP contribution < -0.4 is 0 Å². The van der Waals surface area contributed by atoms with E-state index in [9.17, 15) is 9.18 Å². The molecule has 0 N–H and O–H groups in total. The van der Waals surface area contributed by atoms with Crippen molar-refractivity contribution < 1.29 is 9.18 Å². The van der Waals surface area contributed by atoms with E-state index in [1.54, 1.807) is 23.1 Å². The van der Waals surface area contributed by atoms with Gasteiger partial charge in [-0.1, -0.05) is 23.7 Å². The third kappa shape index (κ3) is 3.93. The summed E-state index contributed by atoms with van der Waals surface area (Å²) < 4.78 is 14.4. The van der Waals surface area contributed by atoms with E-state index in [4.69, 9.17) is 11.6 Å². The van der Waals surface area contributed by atoms with E-state index in [1.807, 2.05) is 6.07 Å². The largest absolute Gasteiger partial charge is 0.330 e. The summed E-state index contributed by atoms with van der Waals surface area (Å²) in [6.45, 7) is 4.44. The molecule has 110 valence electrons. The summed E-state index contributed by atoms with van der Waals surface area (Å²) in [5, 5.41) is 0. The van der Waals surface area contributed by atoms with Crippen LogP contribution in [0.1, 0.15) is 15.2 Å². The number of nitrogens with zero attached hydrogens (tertiary/aromatic N) is 1. The molecular weight excluding hydrogens is 377 g/mol. The molecule has 1 amide bonds. The van der Waals surface area contributed by atoms with Crippen LogP contribution in [0.3, 0.4) is 0 Å². The molecule has 0 aliphatic rings. The summed E-state index contributed by atoms with van der Waals surface area (Å²) in [5.74, 6) is -0.718. The molecule has 1 heterocycles. The summed E-state index contributed by atoms with van der Waals surface area (Å²) >= 11 is 10.4. The van der Waals surface area contributed by atoms with Gasteiger partial charge in [0.2, 0.25) is 0 Å². The maximum atomic E-state index is 13.6. The lowest BCUT2D eigenvalue weighted by Crippen LogP contribution is -2.30. The van der Waals surface area contributed by atoms with E-state index in [2.05, 4.69) is 22.5 Å². The van der Waals surface area contributed by atoms with Crippen molar-refractivity contribution in [1.82, 2.24) is 4.90 Å². The molecule has 21 heavy (non-hydrogen) atoms. The molecule has 0 radical (unpaired) electrons. The van der Waals surface area contributed by atoms with Gasteiger partial charge >= 0.3 is 0 Å². The second-order valence-electron chi connectivity index (χ2n) is 4.28. The number of rotatable bonds is 5. The van der Waals surface area contributed by atoms with Gasteiger partial charge in [-0.05, 0) is 40.2 Å². The summed E-state index contributed by atoms with van der Waals surface area (Å²) in [4.78, 5) is 15.1. The van der Waals surface area contributed by atoms with Crippen LogP contribution in [0.2, 0.25) is 4.34 Å². The quantitative estimate of drug-likeness (QED) is 0.650. The number of thiophene rings is 1. The Kier molecular flexibility index (Phi) is 5.56. The van der Waals surface area contributed by atoms with Crippen molar-refractivity contribution in [3.63, 3.8) is 0 Å². The molecule has 0 aliphatic heterocycles. The van der Waals surface area contributed by atoms with Crippen LogP contribution in [0.4, 0.5) is 4.39 Å². The Morgan fingerprint density at radius 2 is 2.19 bits per heavy atom. The summed E-state index contributed by atoms with van der Waals surface area (Å²) in [7, 11) is 0. The van der Waals surface area contributed by atoms with Crippen LogP contribution in [0.25, 0.3) is 0 Å². The Hall–Kier alpha value is -1.17. The zero-order chi connectivity index (χ0) is 15.4. The lowest BCUT2D eigenvalue weighted by molar-refractivity contribution is 0.0762. The first-order chi connectivity index (χ1) is 10.0. The molecule has 0 aliphatic carbocycles. The average molecular weight is 389 g/mol. The zero-order valence-electron chi connectivity index (χ0n) is 11.0. The van der Waals surface area contributed by atoms with Crippen LogP contribution >= 0.6 is 38.9 Å². The number of carbonyl (C=O) groups is 1. The van der Waals surface area contributed by atoms with Gasteiger partial charge < -0.3 is 4.90 Å². The highest BCUT2D eigenvalue weighted by Gasteiger charge is 2.19. The Morgan fingerprint density at radius 3 is 2.81 bits per heavy atom. The number of halogens is 3. The Balaban J connectivity index is 2.26. The topological polar surface area (TPSA) is 20.3 Å². The highest BCUT2D eigenvalue weighted by molar-refractivity contribution is 9.10. The molecule has 0 bridgehead atoms. The van der Waals surface area contributed by atoms with E-state index in [0.29, 0.717) is 23.0 Å². The van der Waals surface area contributed by atoms with Crippen LogP contribution in [0.5, 0.6) is 0 Å². The fourth-order valence-electron chi connectivity index (χ4n) is 1.84. The van der Waals surface area contributed by atoms with E-state index in [-0.39, 0.29) is 10.4 Å². The Labute approximate surface area is 140 Å². The standard InChI is InChI=1S/C15H12BrClFNOS/c1-2-8-19(9-10-6-7-13(17)21-10)15(20)11-4-3-5-12(18)14(11)16/h2-7H,1,8-9H2. The number of hydrogen-bond donors (Lipinski definition) is 0. The zero-order valence-corrected chi connectivity index (χ0v) is 14.1. The molecule has 1 aromatic heterocycles. The predicted octanol–water partition coefficient (Wildman–Crippen LogP) is 5.13. The summed E-state index contributed by atoms with van der Waals surface area (Å²) in [6, 6.07) is 8.07. The van der Waals surface area contributed by atoms with Crippen molar-refractivity contribution in [2.24, 2.45) is 0 Å². The first-order valence-electron chi connectivity index (χ1n) is 6.11. The number of carbonyl (C=O) groups excluding carboxylic acids is 1. The first kappa shape index (κ1) is 16.2. The van der Waals surface area contributed by atoms with Gasteiger partial charge in [-0.15, -0.1) is 17.9 Å². The minimum Gasteiger partial charge on any atom is -0.330 e. The minimum absolute atomic E-state index is 0.174. The molecule has 2 nitrogen and oxygen atoms in total. The molecule has 0 fully saturated rings. The van der Waals surface area contributed by atoms with Crippen molar-refractivity contribution in [2.75, 3.05) is 6.54 Å². The highest BCUT2D eigenvalue weighted by atomic mass is 79.9. The van der Waals surface area contributed by atoms with Crippen molar-refractivity contribution in [1.29, 1.82) is 0 Å². The van der Waals surface area contributed by atoms with Crippen LogP contribution in [-0.4, -0.2) is 17.4 Å².